The third kappa shape index (κ3) is 4.35. The second-order valence-electron chi connectivity index (χ2n) is 6.47. The first kappa shape index (κ1) is 19.3. The van der Waals surface area contributed by atoms with Crippen LogP contribution in [-0.4, -0.2) is 31.9 Å². The molecule has 0 bridgehead atoms. The molecule has 9 heteroatoms. The maximum absolute atomic E-state index is 12.0. The summed E-state index contributed by atoms with van der Waals surface area (Å²) >= 11 is 0. The third-order valence-electron chi connectivity index (χ3n) is 4.30. The van der Waals surface area contributed by atoms with E-state index in [1.54, 1.807) is 37.3 Å². The monoisotopic (exact) mass is 411 g/mol. The van der Waals surface area contributed by atoms with Gasteiger partial charge in [0, 0.05) is 29.3 Å². The molecule has 0 atom stereocenters. The van der Waals surface area contributed by atoms with E-state index in [0.717, 1.165) is 10.9 Å². The van der Waals surface area contributed by atoms with E-state index in [4.69, 9.17) is 23.4 Å². The molecule has 0 saturated carbocycles. The predicted octanol–water partition coefficient (Wildman–Crippen LogP) is 2.39. The summed E-state index contributed by atoms with van der Waals surface area (Å²) in [5.41, 5.74) is 1.16. The summed E-state index contributed by atoms with van der Waals surface area (Å²) in [6.07, 6.45) is 0. The number of nitrogens with one attached hydrogen (secondary N) is 1. The van der Waals surface area contributed by atoms with Gasteiger partial charge in [0.15, 0.2) is 24.7 Å². The number of esters is 1. The summed E-state index contributed by atoms with van der Waals surface area (Å²) in [4.78, 5) is 35.3. The van der Waals surface area contributed by atoms with Crippen molar-refractivity contribution in [3.8, 4) is 17.2 Å². The van der Waals surface area contributed by atoms with Gasteiger partial charge in [0.1, 0.15) is 11.3 Å². The molecule has 9 nitrogen and oxygen atoms in total. The Morgan fingerprint density at radius 1 is 1.03 bits per heavy atom. The zero-order valence-corrected chi connectivity index (χ0v) is 15.9. The quantitative estimate of drug-likeness (QED) is 0.486. The van der Waals surface area contributed by atoms with E-state index in [9.17, 15) is 14.4 Å². The third-order valence-corrected chi connectivity index (χ3v) is 4.30. The van der Waals surface area contributed by atoms with Gasteiger partial charge < -0.3 is 28.7 Å². The van der Waals surface area contributed by atoms with E-state index in [2.05, 4.69) is 5.32 Å². The first-order chi connectivity index (χ1) is 14.5. The second kappa shape index (κ2) is 8.16. The molecule has 4 rings (SSSR count). The molecule has 154 valence electrons. The van der Waals surface area contributed by atoms with Gasteiger partial charge >= 0.3 is 11.6 Å². The van der Waals surface area contributed by atoms with Crippen molar-refractivity contribution in [3.05, 3.63) is 58.4 Å². The average molecular weight is 411 g/mol. The van der Waals surface area contributed by atoms with Crippen LogP contribution in [0.5, 0.6) is 17.2 Å². The summed E-state index contributed by atoms with van der Waals surface area (Å²) in [6, 6.07) is 11.2. The van der Waals surface area contributed by atoms with Crippen LogP contribution in [0.25, 0.3) is 11.0 Å². The number of anilines is 1. The predicted molar refractivity (Wildman–Crippen MR) is 105 cm³/mol. The van der Waals surface area contributed by atoms with Crippen molar-refractivity contribution in [2.45, 2.75) is 6.92 Å². The molecule has 1 amide bonds. The fourth-order valence-corrected chi connectivity index (χ4v) is 2.90. The van der Waals surface area contributed by atoms with Crippen LogP contribution in [-0.2, 0) is 14.3 Å². The molecule has 30 heavy (non-hydrogen) atoms. The van der Waals surface area contributed by atoms with Crippen molar-refractivity contribution in [1.82, 2.24) is 0 Å². The van der Waals surface area contributed by atoms with E-state index < -0.39 is 30.7 Å². The Morgan fingerprint density at radius 3 is 2.73 bits per heavy atom. The average Bonchev–Trinajstić information content (AvgIpc) is 3.18. The van der Waals surface area contributed by atoms with Gasteiger partial charge in [0.05, 0.1) is 0 Å². The molecule has 3 aromatic rings. The number of amides is 1. The number of benzene rings is 2. The maximum atomic E-state index is 12.0. The molecule has 2 heterocycles. The highest BCUT2D eigenvalue weighted by molar-refractivity contribution is 5.93. The van der Waals surface area contributed by atoms with Crippen molar-refractivity contribution in [1.29, 1.82) is 0 Å². The molecule has 0 aliphatic carbocycles. The highest BCUT2D eigenvalue weighted by Crippen LogP contribution is 2.34. The van der Waals surface area contributed by atoms with Gasteiger partial charge in [-0.15, -0.1) is 0 Å². The van der Waals surface area contributed by atoms with E-state index in [0.29, 0.717) is 28.5 Å². The molecular formula is C21H17NO8. The number of fused-ring (bicyclic) bond motifs is 2. The molecule has 0 unspecified atom stereocenters. The van der Waals surface area contributed by atoms with Gasteiger partial charge in [-0.1, -0.05) is 0 Å². The molecular weight excluding hydrogens is 394 g/mol. The second-order valence-corrected chi connectivity index (χ2v) is 6.47. The Labute approximate surface area is 170 Å². The van der Waals surface area contributed by atoms with Crippen molar-refractivity contribution in [2.75, 3.05) is 25.3 Å². The van der Waals surface area contributed by atoms with Gasteiger partial charge in [0.2, 0.25) is 6.79 Å². The fraction of sp³-hybridized carbons (Fsp3) is 0.190. The highest BCUT2D eigenvalue weighted by atomic mass is 16.7. The first-order valence-electron chi connectivity index (χ1n) is 9.00. The van der Waals surface area contributed by atoms with Crippen LogP contribution < -0.4 is 25.2 Å². The molecule has 0 spiro atoms. The van der Waals surface area contributed by atoms with Crippen LogP contribution in [0.4, 0.5) is 5.69 Å². The van der Waals surface area contributed by atoms with Gasteiger partial charge in [-0.3, -0.25) is 4.79 Å². The van der Waals surface area contributed by atoms with Crippen molar-refractivity contribution in [2.24, 2.45) is 0 Å². The normalized spacial score (nSPS) is 11.9. The number of hydrogen-bond acceptors (Lipinski definition) is 8. The number of rotatable bonds is 6. The molecule has 0 radical (unpaired) electrons. The summed E-state index contributed by atoms with van der Waals surface area (Å²) < 4.78 is 25.8. The van der Waals surface area contributed by atoms with Crippen LogP contribution in [0, 0.1) is 6.92 Å². The lowest BCUT2D eigenvalue weighted by atomic mass is 10.1. The van der Waals surface area contributed by atoms with Crippen LogP contribution in [0.3, 0.4) is 0 Å². The summed E-state index contributed by atoms with van der Waals surface area (Å²) in [7, 11) is 0. The van der Waals surface area contributed by atoms with Crippen LogP contribution in [0.15, 0.2) is 51.7 Å². The van der Waals surface area contributed by atoms with Crippen molar-refractivity contribution >= 4 is 28.5 Å². The zero-order valence-electron chi connectivity index (χ0n) is 15.9. The van der Waals surface area contributed by atoms with Crippen LogP contribution in [0.2, 0.25) is 0 Å². The van der Waals surface area contributed by atoms with Crippen molar-refractivity contribution in [3.63, 3.8) is 0 Å². The van der Waals surface area contributed by atoms with E-state index >= 15 is 0 Å². The van der Waals surface area contributed by atoms with Crippen molar-refractivity contribution < 1.29 is 33.0 Å². The molecule has 1 aliphatic rings. The standard InChI is InChI=1S/C21H17NO8/c1-12-6-20(24)30-17-8-14(3-4-15(12)17)26-10-21(25)27-9-19(23)22-13-2-5-16-18(7-13)29-11-28-16/h2-8H,9-11H2,1H3,(H,22,23). The van der Waals surface area contributed by atoms with Gasteiger partial charge in [-0.25, -0.2) is 9.59 Å². The topological polar surface area (TPSA) is 113 Å². The van der Waals surface area contributed by atoms with E-state index in [1.807, 2.05) is 0 Å². The van der Waals surface area contributed by atoms with E-state index in [-0.39, 0.29) is 6.79 Å². The Kier molecular flexibility index (Phi) is 5.25. The lowest BCUT2D eigenvalue weighted by Crippen LogP contribution is -2.23. The van der Waals surface area contributed by atoms with Crippen LogP contribution in [0.1, 0.15) is 5.56 Å². The summed E-state index contributed by atoms with van der Waals surface area (Å²) in [6.45, 7) is 1.06. The Morgan fingerprint density at radius 2 is 1.87 bits per heavy atom. The Bertz CT molecular complexity index is 1180. The highest BCUT2D eigenvalue weighted by Gasteiger charge is 2.15. The Balaban J connectivity index is 1.27. The van der Waals surface area contributed by atoms with Gasteiger partial charge in [-0.2, -0.15) is 0 Å². The minimum atomic E-state index is -0.721. The summed E-state index contributed by atoms with van der Waals surface area (Å²) in [5, 5.41) is 3.37. The minimum Gasteiger partial charge on any atom is -0.482 e. The maximum Gasteiger partial charge on any atom is 0.344 e. The van der Waals surface area contributed by atoms with Gasteiger partial charge in [-0.05, 0) is 36.8 Å². The fourth-order valence-electron chi connectivity index (χ4n) is 2.90. The largest absolute Gasteiger partial charge is 0.482 e. The summed E-state index contributed by atoms with van der Waals surface area (Å²) in [5.74, 6) is 0.226. The first-order valence-corrected chi connectivity index (χ1v) is 9.00. The smallest absolute Gasteiger partial charge is 0.344 e. The number of ether oxygens (including phenoxy) is 4. The lowest BCUT2D eigenvalue weighted by molar-refractivity contribution is -0.149. The molecule has 0 fully saturated rings. The molecule has 2 aromatic carbocycles. The van der Waals surface area contributed by atoms with Crippen LogP contribution >= 0.6 is 0 Å². The molecule has 1 N–H and O–H groups in total. The Hall–Kier alpha value is -4.01. The number of carbonyl (C=O) groups excluding carboxylic acids is 2. The lowest BCUT2D eigenvalue weighted by Gasteiger charge is -2.09. The minimum absolute atomic E-state index is 0.132. The zero-order chi connectivity index (χ0) is 21.1. The van der Waals surface area contributed by atoms with Gasteiger partial charge in [0.25, 0.3) is 5.91 Å². The SMILES string of the molecule is Cc1cc(=O)oc2cc(OCC(=O)OCC(=O)Nc3ccc4c(c3)OCO4)ccc12. The number of aryl methyl sites for hydroxylation is 1. The number of hydrogen-bond donors (Lipinski definition) is 1. The molecule has 0 saturated heterocycles. The van der Waals surface area contributed by atoms with E-state index in [1.165, 1.54) is 12.1 Å². The molecule has 1 aromatic heterocycles. The molecule has 1 aliphatic heterocycles. The number of carbonyl (C=O) groups is 2.